The molecule has 1 heterocycles. The Kier molecular flexibility index (Phi) is 5.13. The molecule has 0 saturated carbocycles. The molecule has 0 bridgehead atoms. The number of hydrogen-bond acceptors (Lipinski definition) is 2. The van der Waals surface area contributed by atoms with Crippen molar-refractivity contribution in [1.82, 2.24) is 4.98 Å². The van der Waals surface area contributed by atoms with Gasteiger partial charge in [-0.25, -0.2) is 0 Å². The molecule has 0 unspecified atom stereocenters. The molecule has 2 aromatic rings. The molecule has 0 aliphatic rings. The van der Waals surface area contributed by atoms with Crippen LogP contribution < -0.4 is 5.32 Å². The Bertz CT molecular complexity index is 581. The van der Waals surface area contributed by atoms with E-state index in [-0.39, 0.29) is 5.91 Å². The van der Waals surface area contributed by atoms with E-state index < -0.39 is 0 Å². The molecule has 0 spiro atoms. The average molecular weight is 289 g/mol. The normalized spacial score (nSPS) is 10.3. The van der Waals surface area contributed by atoms with Crippen LogP contribution in [0.15, 0.2) is 42.7 Å². The highest BCUT2D eigenvalue weighted by Gasteiger charge is 2.10. The molecule has 0 atom stereocenters. The first-order valence-electron chi connectivity index (χ1n) is 6.70. The van der Waals surface area contributed by atoms with Gasteiger partial charge >= 0.3 is 0 Å². The first-order chi connectivity index (χ1) is 9.70. The number of pyridine rings is 1. The van der Waals surface area contributed by atoms with Crippen LogP contribution in [0.2, 0.25) is 5.02 Å². The van der Waals surface area contributed by atoms with Crippen molar-refractivity contribution in [3.05, 3.63) is 58.9 Å². The van der Waals surface area contributed by atoms with Gasteiger partial charge in [0.15, 0.2) is 0 Å². The number of aryl methyl sites for hydroxylation is 1. The molecule has 2 rings (SSSR count). The number of nitrogens with zero attached hydrogens (tertiary/aromatic N) is 1. The lowest BCUT2D eigenvalue weighted by atomic mass is 10.1. The Morgan fingerprint density at radius 1 is 1.25 bits per heavy atom. The minimum atomic E-state index is -0.246. The maximum absolute atomic E-state index is 12.1. The number of hydrogen-bond donors (Lipinski definition) is 1. The van der Waals surface area contributed by atoms with Gasteiger partial charge in [-0.1, -0.05) is 37.1 Å². The molecule has 104 valence electrons. The zero-order chi connectivity index (χ0) is 14.4. The molecule has 3 nitrogen and oxygen atoms in total. The summed E-state index contributed by atoms with van der Waals surface area (Å²) in [7, 11) is 0. The van der Waals surface area contributed by atoms with E-state index in [9.17, 15) is 4.79 Å². The molecule has 20 heavy (non-hydrogen) atoms. The average Bonchev–Trinajstić information content (AvgIpc) is 2.47. The number of unbranched alkanes of at least 4 members (excludes halogenated alkanes) is 1. The maximum atomic E-state index is 12.1. The number of benzene rings is 1. The third-order valence-electron chi connectivity index (χ3n) is 3.04. The number of anilines is 1. The first kappa shape index (κ1) is 14.5. The summed E-state index contributed by atoms with van der Waals surface area (Å²) in [5.74, 6) is -0.246. The summed E-state index contributed by atoms with van der Waals surface area (Å²) in [6.07, 6.45) is 6.45. The van der Waals surface area contributed by atoms with Crippen LogP contribution in [0.25, 0.3) is 0 Å². The van der Waals surface area contributed by atoms with Gasteiger partial charge in [0.2, 0.25) is 0 Å². The lowest BCUT2D eigenvalue weighted by Gasteiger charge is -2.07. The Hall–Kier alpha value is -1.87. The number of carbonyl (C=O) groups excluding carboxylic acids is 1. The van der Waals surface area contributed by atoms with E-state index in [1.807, 2.05) is 24.3 Å². The molecule has 1 amide bonds. The van der Waals surface area contributed by atoms with E-state index in [0.717, 1.165) is 12.1 Å². The van der Waals surface area contributed by atoms with Gasteiger partial charge < -0.3 is 5.32 Å². The molecular formula is C16H17ClN2O. The highest BCUT2D eigenvalue weighted by atomic mass is 35.5. The summed E-state index contributed by atoms with van der Waals surface area (Å²) < 4.78 is 0. The van der Waals surface area contributed by atoms with Crippen molar-refractivity contribution in [2.24, 2.45) is 0 Å². The minimum Gasteiger partial charge on any atom is -0.322 e. The molecule has 0 fully saturated rings. The molecule has 0 aliphatic carbocycles. The van der Waals surface area contributed by atoms with Crippen LogP contribution in [0.3, 0.4) is 0 Å². The van der Waals surface area contributed by atoms with Gasteiger partial charge in [0.1, 0.15) is 0 Å². The lowest BCUT2D eigenvalue weighted by molar-refractivity contribution is 0.102. The fourth-order valence-electron chi connectivity index (χ4n) is 1.88. The molecule has 1 aromatic heterocycles. The predicted molar refractivity (Wildman–Crippen MR) is 82.3 cm³/mol. The van der Waals surface area contributed by atoms with Gasteiger partial charge in [0, 0.05) is 18.1 Å². The zero-order valence-electron chi connectivity index (χ0n) is 11.4. The maximum Gasteiger partial charge on any atom is 0.258 e. The van der Waals surface area contributed by atoms with Crippen molar-refractivity contribution >= 4 is 23.2 Å². The first-order valence-corrected chi connectivity index (χ1v) is 7.08. The molecular weight excluding hydrogens is 272 g/mol. The highest BCUT2D eigenvalue weighted by Crippen LogP contribution is 2.17. The van der Waals surface area contributed by atoms with E-state index in [1.54, 1.807) is 12.3 Å². The largest absolute Gasteiger partial charge is 0.322 e. The molecule has 4 heteroatoms. The van der Waals surface area contributed by atoms with Gasteiger partial charge in [-0.05, 0) is 36.6 Å². The predicted octanol–water partition coefficient (Wildman–Crippen LogP) is 4.33. The van der Waals surface area contributed by atoms with Crippen LogP contribution in [0.5, 0.6) is 0 Å². The number of carbonyl (C=O) groups is 1. The number of nitrogens with one attached hydrogen (secondary N) is 1. The van der Waals surface area contributed by atoms with Gasteiger partial charge in [-0.3, -0.25) is 9.78 Å². The lowest BCUT2D eigenvalue weighted by Crippen LogP contribution is -2.12. The third-order valence-corrected chi connectivity index (χ3v) is 3.37. The van der Waals surface area contributed by atoms with Crippen molar-refractivity contribution in [3.8, 4) is 0 Å². The monoisotopic (exact) mass is 288 g/mol. The van der Waals surface area contributed by atoms with Crippen LogP contribution in [0.1, 0.15) is 35.7 Å². The van der Waals surface area contributed by atoms with Crippen LogP contribution >= 0.6 is 11.6 Å². The summed E-state index contributed by atoms with van der Waals surface area (Å²) in [6.45, 7) is 2.17. The Morgan fingerprint density at radius 3 is 2.65 bits per heavy atom. The van der Waals surface area contributed by atoms with E-state index in [0.29, 0.717) is 10.6 Å². The van der Waals surface area contributed by atoms with E-state index in [2.05, 4.69) is 17.2 Å². The molecule has 0 radical (unpaired) electrons. The summed E-state index contributed by atoms with van der Waals surface area (Å²) in [5, 5.41) is 3.22. The Morgan fingerprint density at radius 2 is 2.00 bits per heavy atom. The third kappa shape index (κ3) is 3.81. The highest BCUT2D eigenvalue weighted by molar-refractivity contribution is 6.34. The van der Waals surface area contributed by atoms with Crippen LogP contribution in [0, 0.1) is 0 Å². The SMILES string of the molecule is CCCCc1ccc(NC(=O)c2cnccc2Cl)cc1. The van der Waals surface area contributed by atoms with Crippen LogP contribution in [-0.2, 0) is 6.42 Å². The fourth-order valence-corrected chi connectivity index (χ4v) is 2.07. The minimum absolute atomic E-state index is 0.246. The van der Waals surface area contributed by atoms with E-state index in [1.165, 1.54) is 24.6 Å². The molecule has 1 aromatic carbocycles. The van der Waals surface area contributed by atoms with Crippen molar-refractivity contribution in [2.75, 3.05) is 5.32 Å². The number of amides is 1. The standard InChI is InChI=1S/C16H17ClN2O/c1-2-3-4-12-5-7-13(8-6-12)19-16(20)14-11-18-10-9-15(14)17/h5-11H,2-4H2,1H3,(H,19,20). The summed E-state index contributed by atoms with van der Waals surface area (Å²) >= 11 is 5.97. The summed E-state index contributed by atoms with van der Waals surface area (Å²) in [4.78, 5) is 16.0. The fraction of sp³-hybridized carbons (Fsp3) is 0.250. The molecule has 1 N–H and O–H groups in total. The quantitative estimate of drug-likeness (QED) is 0.890. The van der Waals surface area contributed by atoms with Crippen LogP contribution in [-0.4, -0.2) is 10.9 Å². The summed E-state index contributed by atoms with van der Waals surface area (Å²) in [5.41, 5.74) is 2.42. The topological polar surface area (TPSA) is 42.0 Å². The van der Waals surface area contributed by atoms with Crippen molar-refractivity contribution in [3.63, 3.8) is 0 Å². The van der Waals surface area contributed by atoms with Crippen LogP contribution in [0.4, 0.5) is 5.69 Å². The van der Waals surface area contributed by atoms with Crippen molar-refractivity contribution in [1.29, 1.82) is 0 Å². The van der Waals surface area contributed by atoms with Gasteiger partial charge in [0.25, 0.3) is 5.91 Å². The van der Waals surface area contributed by atoms with Gasteiger partial charge in [-0.2, -0.15) is 0 Å². The molecule has 0 aliphatic heterocycles. The van der Waals surface area contributed by atoms with E-state index >= 15 is 0 Å². The number of aromatic nitrogens is 1. The van der Waals surface area contributed by atoms with E-state index in [4.69, 9.17) is 11.6 Å². The second-order valence-corrected chi connectivity index (χ2v) is 5.02. The second-order valence-electron chi connectivity index (χ2n) is 4.61. The number of rotatable bonds is 5. The van der Waals surface area contributed by atoms with Crippen molar-refractivity contribution < 1.29 is 4.79 Å². The van der Waals surface area contributed by atoms with Gasteiger partial charge in [-0.15, -0.1) is 0 Å². The smallest absolute Gasteiger partial charge is 0.258 e. The molecule has 0 saturated heterocycles. The van der Waals surface area contributed by atoms with Crippen molar-refractivity contribution in [2.45, 2.75) is 26.2 Å². The summed E-state index contributed by atoms with van der Waals surface area (Å²) in [6, 6.07) is 9.50. The second kappa shape index (κ2) is 7.06. The zero-order valence-corrected chi connectivity index (χ0v) is 12.2. The Balaban J connectivity index is 2.03. The number of halogens is 1. The van der Waals surface area contributed by atoms with Gasteiger partial charge in [0.05, 0.1) is 10.6 Å². The Labute approximate surface area is 124 Å².